The second-order valence-electron chi connectivity index (χ2n) is 7.42. The highest BCUT2D eigenvalue weighted by Crippen LogP contribution is 2.16. The fourth-order valence-corrected chi connectivity index (χ4v) is 0. The fourth-order valence-electron chi connectivity index (χ4n) is 0. The first kappa shape index (κ1) is 19.0. The highest BCUT2D eigenvalue weighted by Gasteiger charge is 1.96. The van der Waals surface area contributed by atoms with E-state index in [-0.39, 0.29) is 0 Å². The lowest BCUT2D eigenvalue weighted by Gasteiger charge is -1.05. The average molecular weight is 295 g/mol. The van der Waals surface area contributed by atoms with Gasteiger partial charge in [-0.3, -0.25) is 0 Å². The van der Waals surface area contributed by atoms with Gasteiger partial charge < -0.3 is 0 Å². The van der Waals surface area contributed by atoms with Crippen molar-refractivity contribution in [1.82, 2.24) is 0 Å². The summed E-state index contributed by atoms with van der Waals surface area (Å²) in [5.74, 6) is 0. The lowest BCUT2D eigenvalue weighted by Crippen LogP contribution is -0.856. The summed E-state index contributed by atoms with van der Waals surface area (Å²) in [5.41, 5.74) is 0. The van der Waals surface area contributed by atoms with Crippen LogP contribution in [-0.2, 0) is 0 Å². The second-order valence-corrected chi connectivity index (χ2v) is 7.42. The Morgan fingerprint density at radius 1 is 0.0952 bits per heavy atom. The number of hydrogen-bond donors (Lipinski definition) is 0. The van der Waals surface area contributed by atoms with Crippen molar-refractivity contribution < 1.29 is 0 Å². The van der Waals surface area contributed by atoms with Crippen molar-refractivity contribution in [1.29, 1.82) is 0 Å². The van der Waals surface area contributed by atoms with Gasteiger partial charge in [-0.1, -0.05) is 135 Å². The van der Waals surface area contributed by atoms with Crippen LogP contribution in [-0.4, -0.2) is 0 Å². The van der Waals surface area contributed by atoms with E-state index in [0.29, 0.717) is 0 Å². The Hall–Kier alpha value is 0. The zero-order valence-corrected chi connectivity index (χ0v) is 14.8. The Labute approximate surface area is 135 Å². The van der Waals surface area contributed by atoms with Gasteiger partial charge in [0.15, 0.2) is 0 Å². The molecule has 7 rings (SSSR count). The van der Waals surface area contributed by atoms with Crippen LogP contribution in [0.15, 0.2) is 0 Å². The van der Waals surface area contributed by atoms with Gasteiger partial charge in [0.1, 0.15) is 0 Å². The average Bonchev–Trinajstić information content (AvgIpc) is 3.42. The Balaban J connectivity index is 0.000000122. The molecular formula is C21H42. The van der Waals surface area contributed by atoms with Crippen LogP contribution in [0.4, 0.5) is 0 Å². The van der Waals surface area contributed by atoms with E-state index in [1.165, 1.54) is 135 Å². The minimum Gasteiger partial charge on any atom is -0.0533 e. The largest absolute Gasteiger partial charge is 0.0533 e. The third kappa shape index (κ3) is 132. The van der Waals surface area contributed by atoms with E-state index < -0.39 is 0 Å². The molecule has 7 fully saturated rings. The van der Waals surface area contributed by atoms with Crippen molar-refractivity contribution >= 4 is 0 Å². The Kier molecular flexibility index (Phi) is 14.8. The van der Waals surface area contributed by atoms with Gasteiger partial charge >= 0.3 is 0 Å². The minimum absolute atomic E-state index is 1.50. The van der Waals surface area contributed by atoms with Crippen LogP contribution in [0.2, 0.25) is 0 Å². The van der Waals surface area contributed by atoms with Crippen molar-refractivity contribution in [2.45, 2.75) is 135 Å². The summed E-state index contributed by atoms with van der Waals surface area (Å²) in [5, 5.41) is 0. The molecule has 0 aromatic rings. The standard InChI is InChI=1S/7C3H6/c7*1-2-3-1/h7*1-3H2. The molecular weight excluding hydrogens is 252 g/mol. The van der Waals surface area contributed by atoms with Crippen LogP contribution in [0.25, 0.3) is 0 Å². The van der Waals surface area contributed by atoms with Crippen LogP contribution < -0.4 is 0 Å². The van der Waals surface area contributed by atoms with E-state index in [1.54, 1.807) is 0 Å². The molecule has 0 bridgehead atoms. The maximum absolute atomic E-state index is 1.50. The summed E-state index contributed by atoms with van der Waals surface area (Å²) in [6, 6.07) is 0. The Morgan fingerprint density at radius 2 is 0.143 bits per heavy atom. The summed E-state index contributed by atoms with van der Waals surface area (Å²) in [7, 11) is 0. The molecule has 0 unspecified atom stereocenters. The molecule has 0 atom stereocenters. The highest BCUT2D eigenvalue weighted by molar-refractivity contribution is 4.52. The molecule has 0 aliphatic heterocycles. The summed E-state index contributed by atoms with van der Waals surface area (Å²) in [6.45, 7) is 0. The van der Waals surface area contributed by atoms with E-state index in [1.807, 2.05) is 0 Å². The first-order valence-electron chi connectivity index (χ1n) is 10.5. The minimum atomic E-state index is 1.50. The van der Waals surface area contributed by atoms with Gasteiger partial charge in [-0.15, -0.1) is 0 Å². The maximum atomic E-state index is 1.50. The van der Waals surface area contributed by atoms with Crippen LogP contribution >= 0.6 is 0 Å². The van der Waals surface area contributed by atoms with Crippen molar-refractivity contribution in [2.24, 2.45) is 0 Å². The zero-order valence-electron chi connectivity index (χ0n) is 14.8. The predicted molar refractivity (Wildman–Crippen MR) is 97.0 cm³/mol. The van der Waals surface area contributed by atoms with E-state index >= 15 is 0 Å². The first-order chi connectivity index (χ1) is 10.5. The molecule has 7 aliphatic carbocycles. The second kappa shape index (κ2) is 16.4. The third-order valence-corrected chi connectivity index (χ3v) is 2.47. The lowest BCUT2D eigenvalue weighted by molar-refractivity contribution is 1.50. The third-order valence-electron chi connectivity index (χ3n) is 2.47. The highest BCUT2D eigenvalue weighted by atomic mass is 14.0. The maximum Gasteiger partial charge on any atom is -0.0533 e. The van der Waals surface area contributed by atoms with Crippen molar-refractivity contribution in [3.05, 3.63) is 0 Å². The van der Waals surface area contributed by atoms with E-state index in [2.05, 4.69) is 0 Å². The first-order valence-corrected chi connectivity index (χ1v) is 10.5. The topological polar surface area (TPSA) is 0 Å². The molecule has 0 aromatic carbocycles. The van der Waals surface area contributed by atoms with Crippen molar-refractivity contribution in [3.63, 3.8) is 0 Å². The van der Waals surface area contributed by atoms with E-state index in [4.69, 9.17) is 0 Å². The van der Waals surface area contributed by atoms with E-state index in [0.717, 1.165) is 0 Å². The van der Waals surface area contributed by atoms with Crippen molar-refractivity contribution in [2.75, 3.05) is 0 Å². The molecule has 0 radical (unpaired) electrons. The zero-order chi connectivity index (χ0) is 14.8. The fraction of sp³-hybridized carbons (Fsp3) is 1.00. The molecule has 0 aromatic heterocycles. The SMILES string of the molecule is C1CC1.C1CC1.C1CC1.C1CC1.C1CC1.C1CC1.C1CC1. The molecule has 0 saturated heterocycles. The molecule has 0 amide bonds. The number of hydrogen-bond acceptors (Lipinski definition) is 0. The van der Waals surface area contributed by atoms with Crippen LogP contribution in [0.1, 0.15) is 135 Å². The van der Waals surface area contributed by atoms with Gasteiger partial charge in [0.25, 0.3) is 0 Å². The van der Waals surface area contributed by atoms with Crippen molar-refractivity contribution in [3.8, 4) is 0 Å². The molecule has 0 spiro atoms. The number of rotatable bonds is 0. The van der Waals surface area contributed by atoms with E-state index in [9.17, 15) is 0 Å². The molecule has 0 N–H and O–H groups in total. The van der Waals surface area contributed by atoms with Gasteiger partial charge in [0, 0.05) is 0 Å². The summed E-state index contributed by atoms with van der Waals surface area (Å²) < 4.78 is 0. The van der Waals surface area contributed by atoms with Crippen LogP contribution in [0, 0.1) is 0 Å². The van der Waals surface area contributed by atoms with Gasteiger partial charge in [-0.2, -0.15) is 0 Å². The quantitative estimate of drug-likeness (QED) is 0.422. The van der Waals surface area contributed by atoms with Gasteiger partial charge in [0.2, 0.25) is 0 Å². The van der Waals surface area contributed by atoms with Gasteiger partial charge in [-0.25, -0.2) is 0 Å². The Morgan fingerprint density at radius 3 is 0.143 bits per heavy atom. The van der Waals surface area contributed by atoms with Crippen LogP contribution in [0.3, 0.4) is 0 Å². The summed E-state index contributed by atoms with van der Waals surface area (Å²) in [6.07, 6.45) is 31.5. The molecule has 21 heavy (non-hydrogen) atoms. The molecule has 7 aliphatic rings. The molecule has 0 heteroatoms. The molecule has 0 heterocycles. The molecule has 126 valence electrons. The van der Waals surface area contributed by atoms with Gasteiger partial charge in [-0.05, 0) is 0 Å². The lowest BCUT2D eigenvalue weighted by atomic mass is 11.0. The van der Waals surface area contributed by atoms with Crippen LogP contribution in [0.5, 0.6) is 0 Å². The molecule has 7 saturated carbocycles. The predicted octanol–water partition coefficient (Wildman–Crippen LogP) is 8.19. The smallest absolute Gasteiger partial charge is 0.0533 e. The summed E-state index contributed by atoms with van der Waals surface area (Å²) >= 11 is 0. The Bertz CT molecular complexity index is 92.2. The summed E-state index contributed by atoms with van der Waals surface area (Å²) in [4.78, 5) is 0. The van der Waals surface area contributed by atoms with Gasteiger partial charge in [0.05, 0.1) is 0 Å². The molecule has 0 nitrogen and oxygen atoms in total. The normalized spacial score (nSPS) is 24.0. The monoisotopic (exact) mass is 294 g/mol.